The molecule has 16 heavy (non-hydrogen) atoms. The molecule has 0 aromatic heterocycles. The normalized spacial score (nSPS) is 11.4. The standard InChI is InChI=1S/C11H12FNO3/c1-3-16-8-4-5-10(15-2)9(6-8)11(12)13-7-14/h4-6,11H,3H2,1-2H3. The smallest absolute Gasteiger partial charge is 0.238 e. The van der Waals surface area contributed by atoms with Crippen LogP contribution in [0, 0.1) is 0 Å². The quantitative estimate of drug-likeness (QED) is 0.439. The highest BCUT2D eigenvalue weighted by molar-refractivity contribution is 5.43. The van der Waals surface area contributed by atoms with Crippen LogP contribution in [0.4, 0.5) is 4.39 Å². The summed E-state index contributed by atoms with van der Waals surface area (Å²) in [6.07, 6.45) is -0.612. The largest absolute Gasteiger partial charge is 0.496 e. The molecule has 5 heteroatoms. The molecule has 0 bridgehead atoms. The van der Waals surface area contributed by atoms with E-state index in [0.29, 0.717) is 18.1 Å². The molecular formula is C11H12FNO3. The number of nitrogens with zero attached hydrogens (tertiary/aromatic N) is 1. The van der Waals surface area contributed by atoms with Crippen molar-refractivity contribution in [3.05, 3.63) is 23.8 Å². The van der Waals surface area contributed by atoms with Gasteiger partial charge in [-0.25, -0.2) is 9.18 Å². The second-order valence-electron chi connectivity index (χ2n) is 2.89. The van der Waals surface area contributed by atoms with Crippen LogP contribution in [0.15, 0.2) is 23.2 Å². The number of hydrogen-bond acceptors (Lipinski definition) is 4. The average molecular weight is 225 g/mol. The number of aliphatic imine (C=N–C) groups is 1. The summed E-state index contributed by atoms with van der Waals surface area (Å²) in [5, 5.41) is 0. The van der Waals surface area contributed by atoms with Crippen LogP contribution in [-0.4, -0.2) is 19.8 Å². The zero-order chi connectivity index (χ0) is 12.0. The van der Waals surface area contributed by atoms with Crippen molar-refractivity contribution in [3.8, 4) is 11.5 Å². The van der Waals surface area contributed by atoms with Gasteiger partial charge in [0.2, 0.25) is 12.4 Å². The van der Waals surface area contributed by atoms with Gasteiger partial charge in [0.05, 0.1) is 19.3 Å². The van der Waals surface area contributed by atoms with E-state index in [1.54, 1.807) is 12.1 Å². The van der Waals surface area contributed by atoms with Crippen molar-refractivity contribution >= 4 is 6.08 Å². The van der Waals surface area contributed by atoms with Crippen molar-refractivity contribution in [2.24, 2.45) is 4.99 Å². The number of hydrogen-bond donors (Lipinski definition) is 0. The maximum atomic E-state index is 13.4. The van der Waals surface area contributed by atoms with E-state index >= 15 is 0 Å². The zero-order valence-electron chi connectivity index (χ0n) is 9.07. The molecule has 1 aromatic rings. The highest BCUT2D eigenvalue weighted by Crippen LogP contribution is 2.31. The molecule has 1 rings (SSSR count). The molecule has 0 saturated heterocycles. The molecule has 1 unspecified atom stereocenters. The van der Waals surface area contributed by atoms with Gasteiger partial charge in [-0.1, -0.05) is 0 Å². The van der Waals surface area contributed by atoms with Gasteiger partial charge in [0.25, 0.3) is 0 Å². The second kappa shape index (κ2) is 5.88. The summed E-state index contributed by atoms with van der Waals surface area (Å²) in [4.78, 5) is 13.0. The first-order chi connectivity index (χ1) is 7.72. The first-order valence-corrected chi connectivity index (χ1v) is 4.74. The second-order valence-corrected chi connectivity index (χ2v) is 2.89. The van der Waals surface area contributed by atoms with E-state index in [4.69, 9.17) is 9.47 Å². The van der Waals surface area contributed by atoms with Crippen LogP contribution >= 0.6 is 0 Å². The molecule has 0 aliphatic heterocycles. The Morgan fingerprint density at radius 3 is 2.88 bits per heavy atom. The lowest BCUT2D eigenvalue weighted by Gasteiger charge is -2.11. The SMILES string of the molecule is CCOc1ccc(OC)c(C(F)N=C=O)c1. The lowest BCUT2D eigenvalue weighted by Crippen LogP contribution is -1.97. The van der Waals surface area contributed by atoms with Gasteiger partial charge in [-0.2, -0.15) is 4.99 Å². The predicted molar refractivity (Wildman–Crippen MR) is 56.1 cm³/mol. The fourth-order valence-corrected chi connectivity index (χ4v) is 1.27. The molecule has 0 amide bonds. The molecular weight excluding hydrogens is 213 g/mol. The Bertz CT molecular complexity index is 402. The highest BCUT2D eigenvalue weighted by atomic mass is 19.1. The highest BCUT2D eigenvalue weighted by Gasteiger charge is 2.15. The van der Waals surface area contributed by atoms with E-state index in [1.807, 2.05) is 6.92 Å². The van der Waals surface area contributed by atoms with Crippen molar-refractivity contribution in [2.75, 3.05) is 13.7 Å². The van der Waals surface area contributed by atoms with Gasteiger partial charge in [0, 0.05) is 0 Å². The lowest BCUT2D eigenvalue weighted by atomic mass is 10.1. The van der Waals surface area contributed by atoms with E-state index in [9.17, 15) is 9.18 Å². The average Bonchev–Trinajstić information content (AvgIpc) is 2.30. The summed E-state index contributed by atoms with van der Waals surface area (Å²) in [5.41, 5.74) is 0.150. The summed E-state index contributed by atoms with van der Waals surface area (Å²) in [6, 6.07) is 4.67. The predicted octanol–water partition coefficient (Wildman–Crippen LogP) is 2.40. The van der Waals surface area contributed by atoms with Crippen molar-refractivity contribution in [1.29, 1.82) is 0 Å². The summed E-state index contributed by atoms with van der Waals surface area (Å²) in [6.45, 7) is 2.29. The number of halogens is 1. The number of alkyl halides is 1. The molecule has 0 heterocycles. The Kier molecular flexibility index (Phi) is 4.48. The Balaban J connectivity index is 3.10. The molecule has 0 N–H and O–H groups in total. The van der Waals surface area contributed by atoms with Gasteiger partial charge in [0.1, 0.15) is 11.5 Å². The van der Waals surface area contributed by atoms with Crippen molar-refractivity contribution in [1.82, 2.24) is 0 Å². The minimum absolute atomic E-state index is 0.150. The molecule has 0 spiro atoms. The number of methoxy groups -OCH3 is 1. The van der Waals surface area contributed by atoms with E-state index in [1.165, 1.54) is 19.3 Å². The topological polar surface area (TPSA) is 47.9 Å². The number of carbonyl (C=O) groups excluding carboxylic acids is 1. The Hall–Kier alpha value is -1.87. The van der Waals surface area contributed by atoms with E-state index in [2.05, 4.69) is 4.99 Å². The van der Waals surface area contributed by atoms with Gasteiger partial charge in [0.15, 0.2) is 0 Å². The van der Waals surface area contributed by atoms with Crippen LogP contribution in [0.1, 0.15) is 18.8 Å². The molecule has 0 radical (unpaired) electrons. The maximum absolute atomic E-state index is 13.4. The lowest BCUT2D eigenvalue weighted by molar-refractivity contribution is 0.321. The number of isocyanates is 1. The Labute approximate surface area is 92.7 Å². The van der Waals surface area contributed by atoms with Gasteiger partial charge >= 0.3 is 0 Å². The van der Waals surface area contributed by atoms with Gasteiger partial charge in [-0.05, 0) is 25.1 Å². The van der Waals surface area contributed by atoms with Gasteiger partial charge in [-0.15, -0.1) is 0 Å². The molecule has 0 fully saturated rings. The van der Waals surface area contributed by atoms with Gasteiger partial charge < -0.3 is 9.47 Å². The summed E-state index contributed by atoms with van der Waals surface area (Å²) in [7, 11) is 1.41. The van der Waals surface area contributed by atoms with Crippen LogP contribution in [0.25, 0.3) is 0 Å². The molecule has 0 saturated carbocycles. The Morgan fingerprint density at radius 2 is 2.31 bits per heavy atom. The molecule has 1 atom stereocenters. The number of benzene rings is 1. The maximum Gasteiger partial charge on any atom is 0.238 e. The summed E-state index contributed by atoms with van der Waals surface area (Å²) >= 11 is 0. The minimum Gasteiger partial charge on any atom is -0.496 e. The van der Waals surface area contributed by atoms with Crippen LogP contribution in [-0.2, 0) is 4.79 Å². The van der Waals surface area contributed by atoms with Gasteiger partial charge in [-0.3, -0.25) is 0 Å². The third-order valence-electron chi connectivity index (χ3n) is 1.93. The monoisotopic (exact) mass is 225 g/mol. The van der Waals surface area contributed by atoms with E-state index < -0.39 is 6.30 Å². The van der Waals surface area contributed by atoms with E-state index in [-0.39, 0.29) is 5.56 Å². The van der Waals surface area contributed by atoms with Crippen molar-refractivity contribution in [3.63, 3.8) is 0 Å². The summed E-state index contributed by atoms with van der Waals surface area (Å²) in [5.74, 6) is 0.817. The van der Waals surface area contributed by atoms with Crippen molar-refractivity contribution < 1.29 is 18.7 Å². The molecule has 86 valence electrons. The third-order valence-corrected chi connectivity index (χ3v) is 1.93. The first-order valence-electron chi connectivity index (χ1n) is 4.74. The third kappa shape index (κ3) is 2.81. The minimum atomic E-state index is -1.78. The Morgan fingerprint density at radius 1 is 1.56 bits per heavy atom. The zero-order valence-corrected chi connectivity index (χ0v) is 9.07. The first kappa shape index (κ1) is 12.2. The molecule has 4 nitrogen and oxygen atoms in total. The number of ether oxygens (including phenoxy) is 2. The number of rotatable bonds is 5. The van der Waals surface area contributed by atoms with Crippen LogP contribution < -0.4 is 9.47 Å². The van der Waals surface area contributed by atoms with Crippen LogP contribution in [0.5, 0.6) is 11.5 Å². The fraction of sp³-hybridized carbons (Fsp3) is 0.364. The van der Waals surface area contributed by atoms with Crippen LogP contribution in [0.2, 0.25) is 0 Å². The molecule has 0 aliphatic rings. The summed E-state index contributed by atoms with van der Waals surface area (Å²) < 4.78 is 23.6. The molecule has 1 aromatic carbocycles. The molecule has 0 aliphatic carbocycles. The fourth-order valence-electron chi connectivity index (χ4n) is 1.27. The van der Waals surface area contributed by atoms with Crippen molar-refractivity contribution in [2.45, 2.75) is 13.2 Å². The van der Waals surface area contributed by atoms with E-state index in [0.717, 1.165) is 0 Å². The van der Waals surface area contributed by atoms with Crippen LogP contribution in [0.3, 0.4) is 0 Å².